The highest BCUT2D eigenvalue weighted by Crippen LogP contribution is 2.26. The molecule has 3 aromatic rings. The van der Waals surface area contributed by atoms with Crippen molar-refractivity contribution in [1.29, 1.82) is 0 Å². The van der Waals surface area contributed by atoms with Crippen molar-refractivity contribution >= 4 is 22.6 Å². The molecule has 24 heavy (non-hydrogen) atoms. The van der Waals surface area contributed by atoms with Crippen molar-refractivity contribution in [3.05, 3.63) is 64.0 Å². The van der Waals surface area contributed by atoms with Crippen LogP contribution in [-0.2, 0) is 0 Å². The van der Waals surface area contributed by atoms with Crippen LogP contribution >= 0.6 is 0 Å². The normalized spacial score (nSPS) is 12.0. The third kappa shape index (κ3) is 2.89. The van der Waals surface area contributed by atoms with E-state index in [1.165, 1.54) is 6.07 Å². The molecule has 122 valence electrons. The number of imidazole rings is 1. The zero-order valence-electron chi connectivity index (χ0n) is 12.7. The lowest BCUT2D eigenvalue weighted by Crippen LogP contribution is -2.27. The van der Waals surface area contributed by atoms with Gasteiger partial charge in [-0.3, -0.25) is 14.9 Å². The number of amides is 1. The molecule has 2 aromatic carbocycles. The number of benzene rings is 2. The summed E-state index contributed by atoms with van der Waals surface area (Å²) in [5, 5.41) is 23.0. The van der Waals surface area contributed by atoms with Gasteiger partial charge in [-0.15, -0.1) is 0 Å². The quantitative estimate of drug-likeness (QED) is 0.502. The first-order valence-corrected chi connectivity index (χ1v) is 7.18. The van der Waals surface area contributed by atoms with E-state index < -0.39 is 28.3 Å². The van der Waals surface area contributed by atoms with Gasteiger partial charge in [0.1, 0.15) is 5.82 Å². The number of nitro benzene ring substituents is 1. The maximum absolute atomic E-state index is 12.2. The maximum Gasteiger partial charge on any atom is 0.310 e. The molecular weight excluding hydrogens is 312 g/mol. The van der Waals surface area contributed by atoms with E-state index in [2.05, 4.69) is 15.3 Å². The Balaban J connectivity index is 1.78. The lowest BCUT2D eigenvalue weighted by Gasteiger charge is -2.11. The average Bonchev–Trinajstić information content (AvgIpc) is 2.98. The molecule has 3 N–H and O–H groups in total. The first-order chi connectivity index (χ1) is 11.5. The van der Waals surface area contributed by atoms with Crippen LogP contribution < -0.4 is 5.32 Å². The van der Waals surface area contributed by atoms with Crippen molar-refractivity contribution < 1.29 is 14.8 Å². The largest absolute Gasteiger partial charge is 0.502 e. The van der Waals surface area contributed by atoms with Gasteiger partial charge in [0.25, 0.3) is 5.91 Å². The van der Waals surface area contributed by atoms with Gasteiger partial charge < -0.3 is 15.4 Å². The highest BCUT2D eigenvalue weighted by atomic mass is 16.6. The van der Waals surface area contributed by atoms with E-state index in [1.54, 1.807) is 6.92 Å². The summed E-state index contributed by atoms with van der Waals surface area (Å²) in [5.41, 5.74) is 1.33. The standard InChI is InChI=1S/C16H14N4O4/c1-9(15-18-11-4-2-3-5-12(11)19-15)17-16(22)10-6-7-13(20(23)24)14(21)8-10/h2-9,21H,1H3,(H,17,22)(H,18,19)/t9-/m0/s1. The van der Waals surface area contributed by atoms with Crippen LogP contribution in [0.3, 0.4) is 0 Å². The Labute approximate surface area is 136 Å². The number of aromatic nitrogens is 2. The van der Waals surface area contributed by atoms with Crippen LogP contribution in [0.1, 0.15) is 29.1 Å². The van der Waals surface area contributed by atoms with Crippen molar-refractivity contribution in [1.82, 2.24) is 15.3 Å². The van der Waals surface area contributed by atoms with E-state index in [0.717, 1.165) is 23.2 Å². The number of carbonyl (C=O) groups excluding carboxylic acids is 1. The number of nitrogens with zero attached hydrogens (tertiary/aromatic N) is 2. The fourth-order valence-corrected chi connectivity index (χ4v) is 2.35. The second-order valence-electron chi connectivity index (χ2n) is 5.29. The lowest BCUT2D eigenvalue weighted by molar-refractivity contribution is -0.385. The highest BCUT2D eigenvalue weighted by Gasteiger charge is 2.18. The van der Waals surface area contributed by atoms with Crippen LogP contribution in [-0.4, -0.2) is 25.9 Å². The number of hydrogen-bond acceptors (Lipinski definition) is 5. The molecule has 1 heterocycles. The lowest BCUT2D eigenvalue weighted by atomic mass is 10.1. The molecule has 0 unspecified atom stereocenters. The second kappa shape index (κ2) is 5.99. The zero-order chi connectivity index (χ0) is 17.3. The van der Waals surface area contributed by atoms with Gasteiger partial charge in [-0.2, -0.15) is 0 Å². The molecule has 8 heteroatoms. The van der Waals surface area contributed by atoms with E-state index in [4.69, 9.17) is 0 Å². The molecule has 0 saturated carbocycles. The first-order valence-electron chi connectivity index (χ1n) is 7.18. The average molecular weight is 326 g/mol. The number of aromatic amines is 1. The van der Waals surface area contributed by atoms with E-state index in [9.17, 15) is 20.0 Å². The van der Waals surface area contributed by atoms with Crippen molar-refractivity contribution in [2.24, 2.45) is 0 Å². The van der Waals surface area contributed by atoms with Crippen molar-refractivity contribution in [3.8, 4) is 5.75 Å². The van der Waals surface area contributed by atoms with Crippen molar-refractivity contribution in [2.75, 3.05) is 0 Å². The third-order valence-corrected chi connectivity index (χ3v) is 3.60. The van der Waals surface area contributed by atoms with Crippen molar-refractivity contribution in [2.45, 2.75) is 13.0 Å². The van der Waals surface area contributed by atoms with Gasteiger partial charge >= 0.3 is 5.69 Å². The predicted octanol–water partition coefficient (Wildman–Crippen LogP) is 2.67. The number of aromatic hydroxyl groups is 1. The van der Waals surface area contributed by atoms with E-state index >= 15 is 0 Å². The van der Waals surface area contributed by atoms with E-state index in [0.29, 0.717) is 5.82 Å². The number of phenolic OH excluding ortho intramolecular Hbond substituents is 1. The molecule has 0 aliphatic rings. The summed E-state index contributed by atoms with van der Waals surface area (Å²) in [4.78, 5) is 29.7. The van der Waals surface area contributed by atoms with E-state index in [1.807, 2.05) is 24.3 Å². The summed E-state index contributed by atoms with van der Waals surface area (Å²) in [6.45, 7) is 1.76. The van der Waals surface area contributed by atoms with Crippen molar-refractivity contribution in [3.63, 3.8) is 0 Å². The maximum atomic E-state index is 12.2. The Kier molecular flexibility index (Phi) is 3.87. The van der Waals surface area contributed by atoms with Gasteiger partial charge in [0, 0.05) is 11.6 Å². The number of nitro groups is 1. The summed E-state index contributed by atoms with van der Waals surface area (Å²) in [6, 6.07) is 10.5. The summed E-state index contributed by atoms with van der Waals surface area (Å²) in [5.74, 6) is -0.423. The third-order valence-electron chi connectivity index (χ3n) is 3.60. The number of phenols is 1. The van der Waals surface area contributed by atoms with Gasteiger partial charge in [0.2, 0.25) is 0 Å². The van der Waals surface area contributed by atoms with Gasteiger partial charge in [-0.25, -0.2) is 4.98 Å². The summed E-state index contributed by atoms with van der Waals surface area (Å²) >= 11 is 0. The minimum Gasteiger partial charge on any atom is -0.502 e. The first kappa shape index (κ1) is 15.5. The molecule has 0 aliphatic carbocycles. The SMILES string of the molecule is C[C@H](NC(=O)c1ccc([N+](=O)[O-])c(O)c1)c1nc2ccccc2[nH]1. The fourth-order valence-electron chi connectivity index (χ4n) is 2.35. The zero-order valence-corrected chi connectivity index (χ0v) is 12.7. The number of fused-ring (bicyclic) bond motifs is 1. The summed E-state index contributed by atoms with van der Waals surface area (Å²) < 4.78 is 0. The van der Waals surface area contributed by atoms with Gasteiger partial charge in [-0.05, 0) is 31.2 Å². The molecule has 0 aliphatic heterocycles. The predicted molar refractivity (Wildman–Crippen MR) is 86.7 cm³/mol. The molecule has 8 nitrogen and oxygen atoms in total. The number of nitrogens with one attached hydrogen (secondary N) is 2. The number of para-hydroxylation sites is 2. The Bertz CT molecular complexity index is 902. The Hall–Kier alpha value is -3.42. The van der Waals surface area contributed by atoms with Gasteiger partial charge in [-0.1, -0.05) is 12.1 Å². The Morgan fingerprint density at radius 3 is 2.75 bits per heavy atom. The molecule has 3 rings (SSSR count). The van der Waals surface area contributed by atoms with Crippen LogP contribution in [0.2, 0.25) is 0 Å². The smallest absolute Gasteiger partial charge is 0.310 e. The Morgan fingerprint density at radius 1 is 1.33 bits per heavy atom. The number of H-pyrrole nitrogens is 1. The number of carbonyl (C=O) groups is 1. The minimum atomic E-state index is -0.714. The molecule has 1 amide bonds. The number of hydrogen-bond donors (Lipinski definition) is 3. The fraction of sp³-hybridized carbons (Fsp3) is 0.125. The molecule has 1 atom stereocenters. The molecule has 0 bridgehead atoms. The molecule has 0 spiro atoms. The summed E-state index contributed by atoms with van der Waals surface area (Å²) in [7, 11) is 0. The summed E-state index contributed by atoms with van der Waals surface area (Å²) in [6.07, 6.45) is 0. The Morgan fingerprint density at radius 2 is 2.08 bits per heavy atom. The van der Waals surface area contributed by atoms with Crippen LogP contribution in [0, 0.1) is 10.1 Å². The van der Waals surface area contributed by atoms with E-state index in [-0.39, 0.29) is 5.56 Å². The molecule has 1 aromatic heterocycles. The van der Waals surface area contributed by atoms with Crippen LogP contribution in [0.15, 0.2) is 42.5 Å². The van der Waals surface area contributed by atoms with Crippen LogP contribution in [0.25, 0.3) is 11.0 Å². The molecular formula is C16H14N4O4. The minimum absolute atomic E-state index is 0.126. The monoisotopic (exact) mass is 326 g/mol. The van der Waals surface area contributed by atoms with Gasteiger partial charge in [0.15, 0.2) is 5.75 Å². The van der Waals surface area contributed by atoms with Crippen LogP contribution in [0.5, 0.6) is 5.75 Å². The highest BCUT2D eigenvalue weighted by molar-refractivity contribution is 5.95. The topological polar surface area (TPSA) is 121 Å². The number of rotatable bonds is 4. The second-order valence-corrected chi connectivity index (χ2v) is 5.29. The molecule has 0 radical (unpaired) electrons. The van der Waals surface area contributed by atoms with Crippen LogP contribution in [0.4, 0.5) is 5.69 Å². The molecule has 0 saturated heterocycles. The van der Waals surface area contributed by atoms with Gasteiger partial charge in [0.05, 0.1) is 22.0 Å². The molecule has 0 fully saturated rings.